The molecule has 0 amide bonds. The Morgan fingerprint density at radius 1 is 1.10 bits per heavy atom. The lowest BCUT2D eigenvalue weighted by molar-refractivity contribution is 0.174. The lowest BCUT2D eigenvalue weighted by atomic mass is 9.98. The van der Waals surface area contributed by atoms with Gasteiger partial charge in [-0.3, -0.25) is 0 Å². The Labute approximate surface area is 128 Å². The van der Waals surface area contributed by atoms with Gasteiger partial charge < -0.3 is 19.5 Å². The molecule has 0 aliphatic carbocycles. The van der Waals surface area contributed by atoms with Crippen LogP contribution in [0.1, 0.15) is 17.2 Å². The minimum atomic E-state index is 0.0166. The second-order valence-electron chi connectivity index (χ2n) is 4.73. The highest BCUT2D eigenvalue weighted by atomic mass is 35.5. The van der Waals surface area contributed by atoms with Crippen molar-refractivity contribution < 1.29 is 14.2 Å². The first-order valence-corrected chi connectivity index (χ1v) is 7.01. The molecule has 21 heavy (non-hydrogen) atoms. The molecule has 1 aliphatic rings. The van der Waals surface area contributed by atoms with Gasteiger partial charge in [-0.15, -0.1) is 0 Å². The molecule has 0 fully saturated rings. The highest BCUT2D eigenvalue weighted by Crippen LogP contribution is 2.36. The van der Waals surface area contributed by atoms with Crippen LogP contribution in [0.15, 0.2) is 36.4 Å². The molecule has 0 spiro atoms. The predicted molar refractivity (Wildman–Crippen MR) is 81.5 cm³/mol. The standard InChI is InChI=1S/C16H16ClNO3/c1-18-16(10-3-5-13(19-2)12(17)7-10)11-4-6-14-15(8-11)21-9-20-14/h3-8,16,18H,9H2,1-2H3. The van der Waals surface area contributed by atoms with E-state index >= 15 is 0 Å². The topological polar surface area (TPSA) is 39.7 Å². The van der Waals surface area contributed by atoms with Crippen molar-refractivity contribution in [3.8, 4) is 17.2 Å². The molecule has 2 aromatic carbocycles. The summed E-state index contributed by atoms with van der Waals surface area (Å²) in [5, 5.41) is 3.89. The van der Waals surface area contributed by atoms with Crippen LogP contribution in [0.2, 0.25) is 5.02 Å². The van der Waals surface area contributed by atoms with Crippen molar-refractivity contribution in [2.24, 2.45) is 0 Å². The molecule has 0 bridgehead atoms. The molecule has 110 valence electrons. The van der Waals surface area contributed by atoms with Gasteiger partial charge in [-0.1, -0.05) is 23.7 Å². The third-order valence-corrected chi connectivity index (χ3v) is 3.82. The van der Waals surface area contributed by atoms with E-state index in [0.717, 1.165) is 22.6 Å². The molecule has 1 unspecified atom stereocenters. The van der Waals surface area contributed by atoms with Crippen molar-refractivity contribution in [1.82, 2.24) is 5.32 Å². The average Bonchev–Trinajstić information content (AvgIpc) is 2.96. The zero-order valence-corrected chi connectivity index (χ0v) is 12.6. The van der Waals surface area contributed by atoms with Crippen LogP contribution >= 0.6 is 11.6 Å². The first-order valence-electron chi connectivity index (χ1n) is 6.63. The van der Waals surface area contributed by atoms with E-state index in [4.69, 9.17) is 25.8 Å². The van der Waals surface area contributed by atoms with Crippen LogP contribution in [0, 0.1) is 0 Å². The molecule has 0 saturated carbocycles. The summed E-state index contributed by atoms with van der Waals surface area (Å²) >= 11 is 6.21. The summed E-state index contributed by atoms with van der Waals surface area (Å²) in [6, 6.07) is 11.7. The van der Waals surface area contributed by atoms with Crippen LogP contribution in [0.4, 0.5) is 0 Å². The lowest BCUT2D eigenvalue weighted by Crippen LogP contribution is -2.17. The molecular formula is C16H16ClNO3. The van der Waals surface area contributed by atoms with Gasteiger partial charge in [-0.25, -0.2) is 0 Å². The summed E-state index contributed by atoms with van der Waals surface area (Å²) in [4.78, 5) is 0. The van der Waals surface area contributed by atoms with E-state index in [9.17, 15) is 0 Å². The molecule has 1 heterocycles. The lowest BCUT2D eigenvalue weighted by Gasteiger charge is -2.18. The predicted octanol–water partition coefficient (Wildman–Crippen LogP) is 3.39. The largest absolute Gasteiger partial charge is 0.495 e. The highest BCUT2D eigenvalue weighted by molar-refractivity contribution is 6.32. The summed E-state index contributed by atoms with van der Waals surface area (Å²) in [5.41, 5.74) is 2.14. The van der Waals surface area contributed by atoms with Gasteiger partial charge in [-0.05, 0) is 42.4 Å². The second kappa shape index (κ2) is 5.84. The minimum Gasteiger partial charge on any atom is -0.495 e. The zero-order valence-electron chi connectivity index (χ0n) is 11.9. The molecule has 3 rings (SSSR count). The molecule has 5 heteroatoms. The molecular weight excluding hydrogens is 290 g/mol. The molecule has 4 nitrogen and oxygen atoms in total. The number of hydrogen-bond acceptors (Lipinski definition) is 4. The maximum atomic E-state index is 6.21. The summed E-state index contributed by atoms with van der Waals surface area (Å²) in [5.74, 6) is 2.22. The molecule has 1 atom stereocenters. The van der Waals surface area contributed by atoms with Crippen LogP contribution in [-0.2, 0) is 0 Å². The third-order valence-electron chi connectivity index (χ3n) is 3.53. The number of methoxy groups -OCH3 is 1. The van der Waals surface area contributed by atoms with Crippen molar-refractivity contribution in [3.63, 3.8) is 0 Å². The van der Waals surface area contributed by atoms with E-state index < -0.39 is 0 Å². The molecule has 2 aromatic rings. The van der Waals surface area contributed by atoms with Crippen molar-refractivity contribution >= 4 is 11.6 Å². The molecule has 0 radical (unpaired) electrons. The second-order valence-corrected chi connectivity index (χ2v) is 5.14. The van der Waals surface area contributed by atoms with Gasteiger partial charge in [0, 0.05) is 0 Å². The normalized spacial score (nSPS) is 14.0. The van der Waals surface area contributed by atoms with E-state index in [1.54, 1.807) is 7.11 Å². The van der Waals surface area contributed by atoms with Crippen LogP contribution in [0.5, 0.6) is 17.2 Å². The number of benzene rings is 2. The fourth-order valence-corrected chi connectivity index (χ4v) is 2.75. The number of hydrogen-bond donors (Lipinski definition) is 1. The fourth-order valence-electron chi connectivity index (χ4n) is 2.48. The molecule has 0 aromatic heterocycles. The quantitative estimate of drug-likeness (QED) is 0.940. The summed E-state index contributed by atoms with van der Waals surface area (Å²) in [6.07, 6.45) is 0. The van der Waals surface area contributed by atoms with Gasteiger partial charge in [0.25, 0.3) is 0 Å². The Kier molecular flexibility index (Phi) is 3.90. The zero-order chi connectivity index (χ0) is 14.8. The number of fused-ring (bicyclic) bond motifs is 1. The van der Waals surface area contributed by atoms with E-state index in [1.807, 2.05) is 43.4 Å². The van der Waals surface area contributed by atoms with Gasteiger partial charge in [0.2, 0.25) is 6.79 Å². The van der Waals surface area contributed by atoms with E-state index in [0.29, 0.717) is 10.8 Å². The Bertz CT molecular complexity index is 660. The molecule has 1 N–H and O–H groups in total. The first kappa shape index (κ1) is 14.0. The Morgan fingerprint density at radius 3 is 2.52 bits per heavy atom. The van der Waals surface area contributed by atoms with Crippen molar-refractivity contribution in [2.45, 2.75) is 6.04 Å². The summed E-state index contributed by atoms with van der Waals surface area (Å²) in [7, 11) is 3.52. The smallest absolute Gasteiger partial charge is 0.231 e. The average molecular weight is 306 g/mol. The van der Waals surface area contributed by atoms with Gasteiger partial charge in [0.1, 0.15) is 5.75 Å². The fraction of sp³-hybridized carbons (Fsp3) is 0.250. The highest BCUT2D eigenvalue weighted by Gasteiger charge is 2.19. The maximum Gasteiger partial charge on any atom is 0.231 e. The van der Waals surface area contributed by atoms with Crippen molar-refractivity contribution in [3.05, 3.63) is 52.5 Å². The van der Waals surface area contributed by atoms with Gasteiger partial charge in [0.05, 0.1) is 18.2 Å². The minimum absolute atomic E-state index is 0.0166. The number of ether oxygens (including phenoxy) is 3. The monoisotopic (exact) mass is 305 g/mol. The van der Waals surface area contributed by atoms with Gasteiger partial charge >= 0.3 is 0 Å². The van der Waals surface area contributed by atoms with Crippen LogP contribution < -0.4 is 19.5 Å². The van der Waals surface area contributed by atoms with E-state index in [2.05, 4.69) is 5.32 Å². The summed E-state index contributed by atoms with van der Waals surface area (Å²) in [6.45, 7) is 0.275. The van der Waals surface area contributed by atoms with Crippen LogP contribution in [-0.4, -0.2) is 21.0 Å². The first-order chi connectivity index (χ1) is 10.2. The summed E-state index contributed by atoms with van der Waals surface area (Å²) < 4.78 is 16.0. The Balaban J connectivity index is 1.96. The van der Waals surface area contributed by atoms with Gasteiger partial charge in [-0.2, -0.15) is 0 Å². The Hall–Kier alpha value is -1.91. The maximum absolute atomic E-state index is 6.21. The van der Waals surface area contributed by atoms with Crippen molar-refractivity contribution in [1.29, 1.82) is 0 Å². The van der Waals surface area contributed by atoms with Crippen molar-refractivity contribution in [2.75, 3.05) is 21.0 Å². The molecule has 0 saturated heterocycles. The molecule has 1 aliphatic heterocycles. The number of nitrogens with one attached hydrogen (secondary N) is 1. The van der Waals surface area contributed by atoms with Crippen LogP contribution in [0.25, 0.3) is 0 Å². The number of halogens is 1. The Morgan fingerprint density at radius 2 is 1.81 bits per heavy atom. The number of rotatable bonds is 4. The third kappa shape index (κ3) is 2.64. The van der Waals surface area contributed by atoms with Crippen LogP contribution in [0.3, 0.4) is 0 Å². The van der Waals surface area contributed by atoms with Gasteiger partial charge in [0.15, 0.2) is 11.5 Å². The SMILES string of the molecule is CNC(c1ccc(OC)c(Cl)c1)c1ccc2c(c1)OCO2. The van der Waals surface area contributed by atoms with E-state index in [-0.39, 0.29) is 12.8 Å². The van der Waals surface area contributed by atoms with E-state index in [1.165, 1.54) is 0 Å².